The van der Waals surface area contributed by atoms with Crippen LogP contribution in [0, 0.1) is 12.7 Å². The van der Waals surface area contributed by atoms with Gasteiger partial charge in [-0.2, -0.15) is 0 Å². The second-order valence-electron chi connectivity index (χ2n) is 3.96. The molecule has 0 saturated carbocycles. The minimum Gasteiger partial charge on any atom is -0.387 e. The fraction of sp³-hybridized carbons (Fsp3) is 0.231. The number of benzene rings is 1. The molecule has 0 aliphatic carbocycles. The van der Waals surface area contributed by atoms with Crippen molar-refractivity contribution in [3.8, 4) is 0 Å². The van der Waals surface area contributed by atoms with Crippen molar-refractivity contribution >= 4 is 5.69 Å². The van der Waals surface area contributed by atoms with Crippen LogP contribution < -0.4 is 16.0 Å². The van der Waals surface area contributed by atoms with Gasteiger partial charge in [0.05, 0.1) is 23.6 Å². The second kappa shape index (κ2) is 4.91. The topological polar surface area (TPSA) is 36.1 Å². The number of likely N-dealkylation sites (N-methyl/N-ethyl adjacent to an activating group) is 1. The zero-order valence-electron chi connectivity index (χ0n) is 9.97. The van der Waals surface area contributed by atoms with E-state index in [0.717, 1.165) is 17.0 Å². The molecule has 1 aliphatic rings. The third-order valence-electron chi connectivity index (χ3n) is 2.65. The summed E-state index contributed by atoms with van der Waals surface area (Å²) in [6, 6.07) is 5.16. The highest BCUT2D eigenvalue weighted by Gasteiger charge is 2.09. The Bertz CT molecular complexity index is 478. The standard InChI is InChI=1S/C13H16FN3/c1-9-3-4-11(10(14)7-9)17-13-8-16-6-5-12(13)15-2/h3-7,15-17H,8H2,1-2H3. The van der Waals surface area contributed by atoms with Gasteiger partial charge < -0.3 is 16.0 Å². The Hall–Kier alpha value is -1.97. The maximum Gasteiger partial charge on any atom is 0.146 e. The van der Waals surface area contributed by atoms with Gasteiger partial charge in [-0.1, -0.05) is 6.07 Å². The predicted molar refractivity (Wildman–Crippen MR) is 68.0 cm³/mol. The summed E-state index contributed by atoms with van der Waals surface area (Å²) in [6.45, 7) is 2.52. The number of hydrogen-bond acceptors (Lipinski definition) is 3. The largest absolute Gasteiger partial charge is 0.387 e. The molecule has 4 heteroatoms. The highest BCUT2D eigenvalue weighted by atomic mass is 19.1. The van der Waals surface area contributed by atoms with E-state index in [0.29, 0.717) is 12.2 Å². The summed E-state index contributed by atoms with van der Waals surface area (Å²) in [4.78, 5) is 0. The van der Waals surface area contributed by atoms with Gasteiger partial charge in [0, 0.05) is 7.05 Å². The fourth-order valence-electron chi connectivity index (χ4n) is 1.73. The fourth-order valence-corrected chi connectivity index (χ4v) is 1.73. The van der Waals surface area contributed by atoms with Crippen molar-refractivity contribution in [2.75, 3.05) is 18.9 Å². The maximum atomic E-state index is 13.7. The van der Waals surface area contributed by atoms with Crippen LogP contribution in [0.4, 0.5) is 10.1 Å². The molecule has 0 fully saturated rings. The molecule has 0 unspecified atom stereocenters. The van der Waals surface area contributed by atoms with E-state index in [4.69, 9.17) is 0 Å². The summed E-state index contributed by atoms with van der Waals surface area (Å²) < 4.78 is 13.7. The van der Waals surface area contributed by atoms with E-state index in [1.165, 1.54) is 6.07 Å². The number of nitrogens with one attached hydrogen (secondary N) is 3. The molecule has 3 nitrogen and oxygen atoms in total. The molecule has 17 heavy (non-hydrogen) atoms. The minimum atomic E-state index is -0.234. The highest BCUT2D eigenvalue weighted by molar-refractivity contribution is 5.53. The number of allylic oxidation sites excluding steroid dienone is 1. The van der Waals surface area contributed by atoms with Crippen molar-refractivity contribution < 1.29 is 4.39 Å². The van der Waals surface area contributed by atoms with Crippen molar-refractivity contribution in [3.05, 3.63) is 53.2 Å². The van der Waals surface area contributed by atoms with E-state index >= 15 is 0 Å². The van der Waals surface area contributed by atoms with E-state index < -0.39 is 0 Å². The smallest absolute Gasteiger partial charge is 0.146 e. The van der Waals surface area contributed by atoms with Gasteiger partial charge in [0.15, 0.2) is 0 Å². The molecule has 0 saturated heterocycles. The Morgan fingerprint density at radius 2 is 2.18 bits per heavy atom. The molecule has 2 rings (SSSR count). The molecule has 0 aromatic heterocycles. The van der Waals surface area contributed by atoms with Crippen LogP contribution in [0.5, 0.6) is 0 Å². The van der Waals surface area contributed by atoms with Crippen LogP contribution >= 0.6 is 0 Å². The lowest BCUT2D eigenvalue weighted by Gasteiger charge is -2.19. The highest BCUT2D eigenvalue weighted by Crippen LogP contribution is 2.18. The molecule has 1 aliphatic heterocycles. The van der Waals surface area contributed by atoms with Crippen LogP contribution in [0.25, 0.3) is 0 Å². The van der Waals surface area contributed by atoms with Gasteiger partial charge in [0.2, 0.25) is 0 Å². The number of halogens is 1. The molecule has 0 radical (unpaired) electrons. The van der Waals surface area contributed by atoms with E-state index in [-0.39, 0.29) is 5.82 Å². The van der Waals surface area contributed by atoms with Crippen LogP contribution in [0.1, 0.15) is 5.56 Å². The molecular weight excluding hydrogens is 217 g/mol. The first-order chi connectivity index (χ1) is 8.20. The third kappa shape index (κ3) is 2.58. The number of anilines is 1. The Morgan fingerprint density at radius 1 is 1.35 bits per heavy atom. The summed E-state index contributed by atoms with van der Waals surface area (Å²) >= 11 is 0. The lowest BCUT2D eigenvalue weighted by molar-refractivity contribution is 0.629. The Kier molecular flexibility index (Phi) is 3.32. The van der Waals surface area contributed by atoms with Crippen LogP contribution in [0.15, 0.2) is 41.9 Å². The molecule has 1 aromatic rings. The second-order valence-corrected chi connectivity index (χ2v) is 3.96. The summed E-state index contributed by atoms with van der Waals surface area (Å²) in [5.41, 5.74) is 3.30. The quantitative estimate of drug-likeness (QED) is 0.748. The lowest BCUT2D eigenvalue weighted by Crippen LogP contribution is -2.25. The summed E-state index contributed by atoms with van der Waals surface area (Å²) in [7, 11) is 1.85. The SMILES string of the molecule is CNC1=C(Nc2ccc(C)cc2F)CNC=C1. The van der Waals surface area contributed by atoms with Gasteiger partial charge >= 0.3 is 0 Å². The van der Waals surface area contributed by atoms with E-state index in [9.17, 15) is 4.39 Å². The number of aryl methyl sites for hydroxylation is 1. The van der Waals surface area contributed by atoms with Crippen molar-refractivity contribution in [2.24, 2.45) is 0 Å². The normalized spacial score (nSPS) is 14.5. The predicted octanol–water partition coefficient (Wildman–Crippen LogP) is 2.09. The van der Waals surface area contributed by atoms with E-state index in [1.54, 1.807) is 6.07 Å². The third-order valence-corrected chi connectivity index (χ3v) is 2.65. The van der Waals surface area contributed by atoms with Crippen molar-refractivity contribution in [1.29, 1.82) is 0 Å². The van der Waals surface area contributed by atoms with Gasteiger partial charge in [0.1, 0.15) is 5.82 Å². The van der Waals surface area contributed by atoms with Gasteiger partial charge in [-0.3, -0.25) is 0 Å². The molecule has 0 atom stereocenters. The van der Waals surface area contributed by atoms with Gasteiger partial charge in [-0.25, -0.2) is 4.39 Å². The summed E-state index contributed by atoms with van der Waals surface area (Å²) in [6.07, 6.45) is 3.78. The lowest BCUT2D eigenvalue weighted by atomic mass is 10.2. The van der Waals surface area contributed by atoms with Gasteiger partial charge in [0.25, 0.3) is 0 Å². The Balaban J connectivity index is 2.25. The van der Waals surface area contributed by atoms with Gasteiger partial charge in [-0.05, 0) is 36.9 Å². The Labute approximate surface area is 100 Å². The average molecular weight is 233 g/mol. The number of dihydropyridines is 1. The average Bonchev–Trinajstić information content (AvgIpc) is 2.33. The van der Waals surface area contributed by atoms with Crippen LogP contribution in [-0.4, -0.2) is 13.6 Å². The van der Waals surface area contributed by atoms with Crippen molar-refractivity contribution in [1.82, 2.24) is 10.6 Å². The zero-order chi connectivity index (χ0) is 12.3. The monoisotopic (exact) mass is 233 g/mol. The van der Waals surface area contributed by atoms with Crippen LogP contribution in [0.3, 0.4) is 0 Å². The van der Waals surface area contributed by atoms with Gasteiger partial charge in [-0.15, -0.1) is 0 Å². The molecule has 0 amide bonds. The molecule has 90 valence electrons. The molecule has 3 N–H and O–H groups in total. The van der Waals surface area contributed by atoms with E-state index in [1.807, 2.05) is 32.3 Å². The first-order valence-electron chi connectivity index (χ1n) is 5.54. The molecule has 1 aromatic carbocycles. The first-order valence-corrected chi connectivity index (χ1v) is 5.54. The molecule has 1 heterocycles. The van der Waals surface area contributed by atoms with Crippen molar-refractivity contribution in [2.45, 2.75) is 6.92 Å². The van der Waals surface area contributed by atoms with Crippen molar-refractivity contribution in [3.63, 3.8) is 0 Å². The molecule has 0 spiro atoms. The summed E-state index contributed by atoms with van der Waals surface area (Å²) in [5, 5.41) is 9.27. The molecule has 0 bridgehead atoms. The van der Waals surface area contributed by atoms with E-state index in [2.05, 4.69) is 16.0 Å². The first kappa shape index (κ1) is 11.5. The van der Waals surface area contributed by atoms with Crippen LogP contribution in [-0.2, 0) is 0 Å². The van der Waals surface area contributed by atoms with Crippen LogP contribution in [0.2, 0.25) is 0 Å². The summed E-state index contributed by atoms with van der Waals surface area (Å²) in [5.74, 6) is -0.234. The minimum absolute atomic E-state index is 0.234. The number of hydrogen-bond donors (Lipinski definition) is 3. The zero-order valence-corrected chi connectivity index (χ0v) is 9.97. The number of rotatable bonds is 3. The molecular formula is C13H16FN3. The maximum absolute atomic E-state index is 13.7. The Morgan fingerprint density at radius 3 is 2.88 bits per heavy atom.